The van der Waals surface area contributed by atoms with Crippen molar-refractivity contribution in [3.8, 4) is 0 Å². The van der Waals surface area contributed by atoms with Gasteiger partial charge in [-0.05, 0) is 56.0 Å². The number of carbonyl (C=O) groups excluding carboxylic acids is 2. The Balaban J connectivity index is 1.49. The molecular formula is C26H29FN4O3. The van der Waals surface area contributed by atoms with Gasteiger partial charge in [-0.3, -0.25) is 4.79 Å². The van der Waals surface area contributed by atoms with Gasteiger partial charge in [-0.1, -0.05) is 30.3 Å². The number of rotatable bonds is 7. The van der Waals surface area contributed by atoms with Crippen LogP contribution in [0.15, 0.2) is 54.6 Å². The summed E-state index contributed by atoms with van der Waals surface area (Å²) in [5.41, 5.74) is 1.35. The van der Waals surface area contributed by atoms with Crippen molar-refractivity contribution >= 4 is 34.4 Å². The molecule has 0 aliphatic carbocycles. The molecule has 0 spiro atoms. The van der Waals surface area contributed by atoms with Crippen LogP contribution in [0.4, 0.5) is 20.7 Å². The van der Waals surface area contributed by atoms with Crippen LogP contribution >= 0.6 is 0 Å². The van der Waals surface area contributed by atoms with Crippen molar-refractivity contribution in [2.24, 2.45) is 0 Å². The summed E-state index contributed by atoms with van der Waals surface area (Å²) in [5, 5.41) is 6.07. The molecule has 2 aromatic carbocycles. The Hall–Kier alpha value is -3.68. The van der Waals surface area contributed by atoms with Crippen molar-refractivity contribution in [3.63, 3.8) is 0 Å². The maximum Gasteiger partial charge on any atom is 0.319 e. The van der Waals surface area contributed by atoms with Crippen molar-refractivity contribution in [1.82, 2.24) is 10.3 Å². The molecule has 1 aromatic heterocycles. The fourth-order valence-electron chi connectivity index (χ4n) is 4.20. The first-order valence-electron chi connectivity index (χ1n) is 11.7. The summed E-state index contributed by atoms with van der Waals surface area (Å²) >= 11 is 0. The number of carbonyl (C=O) groups is 2. The van der Waals surface area contributed by atoms with E-state index in [4.69, 9.17) is 4.74 Å². The van der Waals surface area contributed by atoms with Gasteiger partial charge in [-0.15, -0.1) is 0 Å². The van der Waals surface area contributed by atoms with E-state index < -0.39 is 23.9 Å². The van der Waals surface area contributed by atoms with E-state index in [1.54, 1.807) is 13.0 Å². The van der Waals surface area contributed by atoms with Crippen LogP contribution in [0.3, 0.4) is 0 Å². The highest BCUT2D eigenvalue weighted by Crippen LogP contribution is 2.26. The minimum absolute atomic E-state index is 0.0133. The molecule has 0 unspecified atom stereocenters. The second-order valence-corrected chi connectivity index (χ2v) is 8.32. The number of nitrogens with zero attached hydrogens (tertiary/aromatic N) is 2. The van der Waals surface area contributed by atoms with E-state index in [0.29, 0.717) is 11.1 Å². The van der Waals surface area contributed by atoms with Gasteiger partial charge in [0.25, 0.3) is 0 Å². The van der Waals surface area contributed by atoms with Gasteiger partial charge in [0.2, 0.25) is 0 Å². The number of aromatic nitrogens is 1. The number of halogens is 1. The maximum atomic E-state index is 14.9. The highest BCUT2D eigenvalue weighted by atomic mass is 19.1. The number of benzene rings is 2. The lowest BCUT2D eigenvalue weighted by Crippen LogP contribution is -2.34. The van der Waals surface area contributed by atoms with E-state index in [2.05, 4.69) is 20.5 Å². The average molecular weight is 465 g/mol. The fourth-order valence-corrected chi connectivity index (χ4v) is 4.20. The standard InChI is InChI=1S/C26H29FN4O3/c1-2-34-24(32)17-22(18-9-5-3-6-10-18)29-26(33)28-20-15-19-11-12-23(30-25(19)21(27)16-20)31-13-7-4-8-14-31/h3,5-6,9-12,15-16,22H,2,4,7-8,13-14,17H2,1H3,(H2,28,29,33)/t22-/m0/s1. The second kappa shape index (κ2) is 11.0. The van der Waals surface area contributed by atoms with Gasteiger partial charge in [0.05, 0.1) is 19.1 Å². The van der Waals surface area contributed by atoms with Crippen molar-refractivity contribution in [2.75, 3.05) is 29.9 Å². The third-order valence-corrected chi connectivity index (χ3v) is 5.85. The van der Waals surface area contributed by atoms with Crippen molar-refractivity contribution in [1.29, 1.82) is 0 Å². The molecule has 1 atom stereocenters. The molecule has 4 rings (SSSR count). The first kappa shape index (κ1) is 23.5. The zero-order valence-electron chi connectivity index (χ0n) is 19.2. The molecule has 2 N–H and O–H groups in total. The Bertz CT molecular complexity index is 1150. The van der Waals surface area contributed by atoms with E-state index in [1.165, 1.54) is 12.5 Å². The van der Waals surface area contributed by atoms with E-state index in [0.717, 1.165) is 37.3 Å². The smallest absolute Gasteiger partial charge is 0.319 e. The summed E-state index contributed by atoms with van der Waals surface area (Å²) in [6, 6.07) is 14.7. The summed E-state index contributed by atoms with van der Waals surface area (Å²) in [5.74, 6) is -0.143. The summed E-state index contributed by atoms with van der Waals surface area (Å²) in [7, 11) is 0. The quantitative estimate of drug-likeness (QED) is 0.471. The molecule has 1 aliphatic heterocycles. The number of urea groups is 1. The second-order valence-electron chi connectivity index (χ2n) is 8.32. The Morgan fingerprint density at radius 3 is 2.59 bits per heavy atom. The summed E-state index contributed by atoms with van der Waals surface area (Å²) in [6.45, 7) is 3.84. The number of piperidine rings is 1. The molecule has 1 saturated heterocycles. The number of hydrogen-bond acceptors (Lipinski definition) is 5. The van der Waals surface area contributed by atoms with E-state index >= 15 is 0 Å². The average Bonchev–Trinajstić information content (AvgIpc) is 2.85. The minimum Gasteiger partial charge on any atom is -0.466 e. The van der Waals surface area contributed by atoms with Crippen molar-refractivity contribution < 1.29 is 18.7 Å². The van der Waals surface area contributed by atoms with Gasteiger partial charge in [-0.2, -0.15) is 0 Å². The van der Waals surface area contributed by atoms with Crippen LogP contribution in [0, 0.1) is 5.82 Å². The highest BCUT2D eigenvalue weighted by molar-refractivity contribution is 5.93. The van der Waals surface area contributed by atoms with Crippen molar-refractivity contribution in [3.05, 3.63) is 66.0 Å². The van der Waals surface area contributed by atoms with Crippen LogP contribution in [0.25, 0.3) is 10.9 Å². The topological polar surface area (TPSA) is 83.6 Å². The summed E-state index contributed by atoms with van der Waals surface area (Å²) < 4.78 is 20.0. The SMILES string of the molecule is CCOC(=O)C[C@H](NC(=O)Nc1cc(F)c2nc(N3CCCCC3)ccc2c1)c1ccccc1. The minimum atomic E-state index is -0.584. The van der Waals surface area contributed by atoms with Gasteiger partial charge in [-0.25, -0.2) is 14.2 Å². The molecule has 178 valence electrons. The van der Waals surface area contributed by atoms with Crippen LogP contribution < -0.4 is 15.5 Å². The monoisotopic (exact) mass is 464 g/mol. The Kier molecular flexibility index (Phi) is 7.57. The van der Waals surface area contributed by atoms with Gasteiger partial charge in [0.1, 0.15) is 11.3 Å². The fraction of sp³-hybridized carbons (Fsp3) is 0.346. The lowest BCUT2D eigenvalue weighted by molar-refractivity contribution is -0.143. The Labute approximate surface area is 198 Å². The van der Waals surface area contributed by atoms with Gasteiger partial charge >= 0.3 is 12.0 Å². The predicted molar refractivity (Wildman–Crippen MR) is 130 cm³/mol. The Morgan fingerprint density at radius 2 is 1.85 bits per heavy atom. The third kappa shape index (κ3) is 5.81. The van der Waals surface area contributed by atoms with Crippen LogP contribution in [0.2, 0.25) is 0 Å². The number of hydrogen-bond donors (Lipinski definition) is 2. The molecule has 1 aliphatic rings. The number of ether oxygens (including phenoxy) is 1. The van der Waals surface area contributed by atoms with Gasteiger partial charge in [0.15, 0.2) is 5.82 Å². The molecule has 7 nitrogen and oxygen atoms in total. The molecule has 0 bridgehead atoms. The summed E-state index contributed by atoms with van der Waals surface area (Å²) in [4.78, 5) is 31.5. The molecule has 0 radical (unpaired) electrons. The number of anilines is 2. The maximum absolute atomic E-state index is 14.9. The molecule has 2 amide bonds. The van der Waals surface area contributed by atoms with Crippen LogP contribution in [0.5, 0.6) is 0 Å². The molecule has 1 fully saturated rings. The number of pyridine rings is 1. The predicted octanol–water partition coefficient (Wildman–Crippen LogP) is 5.18. The number of esters is 1. The van der Waals surface area contributed by atoms with Crippen molar-refractivity contribution in [2.45, 2.75) is 38.6 Å². The van der Waals surface area contributed by atoms with E-state index in [-0.39, 0.29) is 18.5 Å². The highest BCUT2D eigenvalue weighted by Gasteiger charge is 2.20. The normalized spacial score (nSPS) is 14.5. The van der Waals surface area contributed by atoms with Crippen LogP contribution in [0.1, 0.15) is 44.2 Å². The molecular weight excluding hydrogens is 435 g/mol. The lowest BCUT2D eigenvalue weighted by atomic mass is 10.0. The third-order valence-electron chi connectivity index (χ3n) is 5.85. The molecule has 0 saturated carbocycles. The van der Waals surface area contributed by atoms with E-state index in [1.807, 2.05) is 42.5 Å². The largest absolute Gasteiger partial charge is 0.466 e. The first-order valence-corrected chi connectivity index (χ1v) is 11.7. The molecule has 34 heavy (non-hydrogen) atoms. The van der Waals surface area contributed by atoms with E-state index in [9.17, 15) is 14.0 Å². The Morgan fingerprint density at radius 1 is 1.09 bits per heavy atom. The number of fused-ring (bicyclic) bond motifs is 1. The van der Waals surface area contributed by atoms with Crippen LogP contribution in [-0.2, 0) is 9.53 Å². The number of nitrogens with one attached hydrogen (secondary N) is 2. The molecule has 3 aromatic rings. The number of amides is 2. The molecule has 8 heteroatoms. The zero-order valence-corrected chi connectivity index (χ0v) is 19.2. The molecule has 2 heterocycles. The summed E-state index contributed by atoms with van der Waals surface area (Å²) in [6.07, 6.45) is 3.42. The van der Waals surface area contributed by atoms with Gasteiger partial charge < -0.3 is 20.3 Å². The lowest BCUT2D eigenvalue weighted by Gasteiger charge is -2.27. The zero-order chi connectivity index (χ0) is 23.9. The first-order chi connectivity index (χ1) is 16.5. The van der Waals surface area contributed by atoms with Gasteiger partial charge in [0, 0.05) is 24.2 Å². The van der Waals surface area contributed by atoms with Crippen LogP contribution in [-0.4, -0.2) is 36.7 Å².